The summed E-state index contributed by atoms with van der Waals surface area (Å²) in [4.78, 5) is 0.0946. The smallest absolute Gasteiger partial charge is 0.243 e. The van der Waals surface area contributed by atoms with Crippen LogP contribution < -0.4 is 5.32 Å². The van der Waals surface area contributed by atoms with Crippen LogP contribution in [-0.2, 0) is 10.0 Å². The minimum absolute atomic E-state index is 0.0946. The minimum Gasteiger partial charge on any atom is -0.313 e. The highest BCUT2D eigenvalue weighted by Gasteiger charge is 2.26. The number of nitrogens with zero attached hydrogens (tertiary/aromatic N) is 1. The molecule has 1 aliphatic rings. The Morgan fingerprint density at radius 1 is 1.45 bits per heavy atom. The third-order valence-corrected chi connectivity index (χ3v) is 6.27. The summed E-state index contributed by atoms with van der Waals surface area (Å²) in [5, 5.41) is 3.32. The van der Waals surface area contributed by atoms with Crippen LogP contribution in [0.4, 0.5) is 4.39 Å². The molecule has 1 unspecified atom stereocenters. The van der Waals surface area contributed by atoms with Gasteiger partial charge in [-0.1, -0.05) is 6.42 Å². The van der Waals surface area contributed by atoms with Crippen LogP contribution >= 0.6 is 15.9 Å². The average molecular weight is 365 g/mol. The fourth-order valence-electron chi connectivity index (χ4n) is 2.34. The predicted octanol–water partition coefficient (Wildman–Crippen LogP) is 2.35. The SMILES string of the molecule is CN(CC1CCCCN1)S(=O)(=O)c1ccc(F)cc1Br. The van der Waals surface area contributed by atoms with Gasteiger partial charge in [-0.3, -0.25) is 0 Å². The van der Waals surface area contributed by atoms with Crippen LogP contribution in [0, 0.1) is 5.82 Å². The number of nitrogens with one attached hydrogen (secondary N) is 1. The second kappa shape index (κ2) is 6.51. The van der Waals surface area contributed by atoms with Gasteiger partial charge in [-0.25, -0.2) is 12.8 Å². The Balaban J connectivity index is 2.16. The van der Waals surface area contributed by atoms with Crippen molar-refractivity contribution in [2.45, 2.75) is 30.2 Å². The Morgan fingerprint density at radius 2 is 2.20 bits per heavy atom. The molecule has 1 atom stereocenters. The Kier molecular flexibility index (Phi) is 5.17. The Hall–Kier alpha value is -0.500. The van der Waals surface area contributed by atoms with Gasteiger partial charge in [0, 0.05) is 24.1 Å². The number of halogens is 2. The fourth-order valence-corrected chi connectivity index (χ4v) is 4.56. The van der Waals surface area contributed by atoms with Crippen LogP contribution in [0.1, 0.15) is 19.3 Å². The molecule has 0 bridgehead atoms. The molecule has 1 aromatic carbocycles. The molecule has 0 aliphatic carbocycles. The van der Waals surface area contributed by atoms with Crippen LogP contribution in [0.2, 0.25) is 0 Å². The van der Waals surface area contributed by atoms with Crippen molar-refractivity contribution in [2.24, 2.45) is 0 Å². The molecule has 0 aromatic heterocycles. The normalized spacial score (nSPS) is 20.3. The van der Waals surface area contributed by atoms with Gasteiger partial charge in [0.15, 0.2) is 0 Å². The van der Waals surface area contributed by atoms with E-state index in [2.05, 4.69) is 21.2 Å². The lowest BCUT2D eigenvalue weighted by atomic mass is 10.1. The van der Waals surface area contributed by atoms with Gasteiger partial charge in [-0.15, -0.1) is 0 Å². The lowest BCUT2D eigenvalue weighted by Crippen LogP contribution is -2.44. The summed E-state index contributed by atoms with van der Waals surface area (Å²) in [5.74, 6) is -0.465. The molecule has 1 aliphatic heterocycles. The van der Waals surface area contributed by atoms with Gasteiger partial charge < -0.3 is 5.32 Å². The monoisotopic (exact) mass is 364 g/mol. The summed E-state index contributed by atoms with van der Waals surface area (Å²) >= 11 is 3.11. The highest BCUT2D eigenvalue weighted by atomic mass is 79.9. The van der Waals surface area contributed by atoms with Gasteiger partial charge in [0.1, 0.15) is 5.82 Å². The van der Waals surface area contributed by atoms with Crippen LogP contribution in [-0.4, -0.2) is 38.9 Å². The van der Waals surface area contributed by atoms with Crippen molar-refractivity contribution in [2.75, 3.05) is 20.1 Å². The molecule has 0 radical (unpaired) electrons. The van der Waals surface area contributed by atoms with E-state index in [1.165, 1.54) is 16.4 Å². The first-order chi connectivity index (χ1) is 9.41. The molecule has 20 heavy (non-hydrogen) atoms. The van der Waals surface area contributed by atoms with Gasteiger partial charge in [-0.2, -0.15) is 4.31 Å². The Morgan fingerprint density at radius 3 is 2.80 bits per heavy atom. The van der Waals surface area contributed by atoms with Crippen molar-refractivity contribution in [1.29, 1.82) is 0 Å². The number of likely N-dealkylation sites (N-methyl/N-ethyl adjacent to an activating group) is 1. The van der Waals surface area contributed by atoms with Crippen LogP contribution in [0.25, 0.3) is 0 Å². The van der Waals surface area contributed by atoms with Crippen molar-refractivity contribution in [1.82, 2.24) is 9.62 Å². The summed E-state index contributed by atoms with van der Waals surface area (Å²) in [6.45, 7) is 1.35. The van der Waals surface area contributed by atoms with Crippen molar-refractivity contribution in [3.05, 3.63) is 28.5 Å². The Bertz CT molecular complexity index is 574. The van der Waals surface area contributed by atoms with Gasteiger partial charge in [-0.05, 0) is 53.5 Å². The third-order valence-electron chi connectivity index (χ3n) is 3.47. The van der Waals surface area contributed by atoms with E-state index in [4.69, 9.17) is 0 Å². The number of hydrogen-bond donors (Lipinski definition) is 1. The number of piperidine rings is 1. The molecule has 2 rings (SSSR count). The lowest BCUT2D eigenvalue weighted by Gasteiger charge is -2.28. The molecule has 1 saturated heterocycles. The summed E-state index contributed by atoms with van der Waals surface area (Å²) in [6, 6.07) is 3.80. The molecule has 0 saturated carbocycles. The highest BCUT2D eigenvalue weighted by Crippen LogP contribution is 2.25. The van der Waals surface area contributed by atoms with Crippen LogP contribution in [0.5, 0.6) is 0 Å². The van der Waals surface area contributed by atoms with E-state index in [-0.39, 0.29) is 15.4 Å². The highest BCUT2D eigenvalue weighted by molar-refractivity contribution is 9.10. The molecule has 112 valence electrons. The van der Waals surface area contributed by atoms with Crippen molar-refractivity contribution >= 4 is 26.0 Å². The molecule has 0 spiro atoms. The van der Waals surface area contributed by atoms with Crippen molar-refractivity contribution in [3.8, 4) is 0 Å². The first kappa shape index (κ1) is 15.9. The maximum Gasteiger partial charge on any atom is 0.243 e. The molecule has 7 heteroatoms. The van der Waals surface area contributed by atoms with E-state index in [0.717, 1.165) is 31.9 Å². The van der Waals surface area contributed by atoms with E-state index >= 15 is 0 Å². The van der Waals surface area contributed by atoms with Crippen molar-refractivity contribution in [3.63, 3.8) is 0 Å². The zero-order valence-corrected chi connectivity index (χ0v) is 13.7. The molecule has 0 amide bonds. The number of hydrogen-bond acceptors (Lipinski definition) is 3. The summed E-state index contributed by atoms with van der Waals surface area (Å²) in [7, 11) is -2.05. The van der Waals surface area contributed by atoms with E-state index in [9.17, 15) is 12.8 Å². The molecule has 1 aromatic rings. The largest absolute Gasteiger partial charge is 0.313 e. The summed E-state index contributed by atoms with van der Waals surface area (Å²) in [5.41, 5.74) is 0. The fraction of sp³-hybridized carbons (Fsp3) is 0.538. The number of sulfonamides is 1. The Labute approximate surface area is 127 Å². The molecular weight excluding hydrogens is 347 g/mol. The minimum atomic E-state index is -3.61. The number of benzene rings is 1. The second-order valence-electron chi connectivity index (χ2n) is 5.01. The first-order valence-corrected chi connectivity index (χ1v) is 8.79. The topological polar surface area (TPSA) is 49.4 Å². The maximum atomic E-state index is 13.1. The first-order valence-electron chi connectivity index (χ1n) is 6.56. The second-order valence-corrected chi connectivity index (χ2v) is 7.87. The zero-order valence-electron chi connectivity index (χ0n) is 11.3. The number of rotatable bonds is 4. The summed E-state index contributed by atoms with van der Waals surface area (Å²) < 4.78 is 39.6. The average Bonchev–Trinajstić information content (AvgIpc) is 2.39. The van der Waals surface area contributed by atoms with E-state index < -0.39 is 15.8 Å². The standard InChI is InChI=1S/C13H18BrFN2O2S/c1-17(9-11-4-2-3-7-16-11)20(18,19)13-6-5-10(15)8-12(13)14/h5-6,8,11,16H,2-4,7,9H2,1H3. The van der Waals surface area contributed by atoms with Gasteiger partial charge in [0.05, 0.1) is 4.90 Å². The maximum absolute atomic E-state index is 13.1. The molecule has 1 heterocycles. The summed E-state index contributed by atoms with van der Waals surface area (Å²) in [6.07, 6.45) is 3.23. The molecule has 4 nitrogen and oxygen atoms in total. The van der Waals surface area contributed by atoms with Crippen LogP contribution in [0.3, 0.4) is 0 Å². The van der Waals surface area contributed by atoms with Gasteiger partial charge >= 0.3 is 0 Å². The zero-order chi connectivity index (χ0) is 14.8. The van der Waals surface area contributed by atoms with Crippen molar-refractivity contribution < 1.29 is 12.8 Å². The lowest BCUT2D eigenvalue weighted by molar-refractivity contribution is 0.337. The molecular formula is C13H18BrFN2O2S. The predicted molar refractivity (Wildman–Crippen MR) is 79.6 cm³/mol. The van der Waals surface area contributed by atoms with Crippen LogP contribution in [0.15, 0.2) is 27.6 Å². The van der Waals surface area contributed by atoms with Gasteiger partial charge in [0.2, 0.25) is 10.0 Å². The van der Waals surface area contributed by atoms with Gasteiger partial charge in [0.25, 0.3) is 0 Å². The van der Waals surface area contributed by atoms with E-state index in [1.54, 1.807) is 7.05 Å². The third kappa shape index (κ3) is 3.58. The van der Waals surface area contributed by atoms with E-state index in [1.807, 2.05) is 0 Å². The molecule has 1 N–H and O–H groups in total. The quantitative estimate of drug-likeness (QED) is 0.891. The van der Waals surface area contributed by atoms with E-state index in [0.29, 0.717) is 6.54 Å². The molecule has 1 fully saturated rings.